The summed E-state index contributed by atoms with van der Waals surface area (Å²) in [6.45, 7) is 3.65. The summed E-state index contributed by atoms with van der Waals surface area (Å²) in [5.41, 5.74) is 5.24. The van der Waals surface area contributed by atoms with Crippen molar-refractivity contribution in [3.05, 3.63) is 0 Å². The highest BCUT2D eigenvalue weighted by Crippen LogP contribution is 2.09. The van der Waals surface area contributed by atoms with Crippen molar-refractivity contribution < 1.29 is 47.4 Å². The van der Waals surface area contributed by atoms with E-state index in [-0.39, 0.29) is 70.8 Å². The van der Waals surface area contributed by atoms with Crippen LogP contribution in [0, 0.1) is 0 Å². The second-order valence-electron chi connectivity index (χ2n) is 10.1. The lowest BCUT2D eigenvalue weighted by Gasteiger charge is -2.23. The third-order valence-corrected chi connectivity index (χ3v) is 5.65. The molecule has 1 fully saturated rings. The first-order chi connectivity index (χ1) is 18.5. The maximum atomic E-state index is 12.2. The summed E-state index contributed by atoms with van der Waals surface area (Å²) in [6, 6.07) is -0.998. The first-order valence-electron chi connectivity index (χ1n) is 13.4. The van der Waals surface area contributed by atoms with Gasteiger partial charge in [0.2, 0.25) is 5.91 Å². The highest BCUT2D eigenvalue weighted by molar-refractivity contribution is 6.37. The Morgan fingerprint density at radius 1 is 0.846 bits per heavy atom. The monoisotopic (exact) mass is 560 g/mol. The minimum absolute atomic E-state index is 0.0191. The van der Waals surface area contributed by atoms with Gasteiger partial charge < -0.3 is 39.4 Å². The van der Waals surface area contributed by atoms with Crippen LogP contribution in [0.1, 0.15) is 32.1 Å². The number of likely N-dealkylation sites (tertiary alicyclic amines) is 1. The predicted molar refractivity (Wildman–Crippen MR) is 140 cm³/mol. The van der Waals surface area contributed by atoms with Gasteiger partial charge in [0, 0.05) is 32.5 Å². The van der Waals surface area contributed by atoms with E-state index in [4.69, 9.17) is 24.7 Å². The molecule has 5 amide bonds. The molecule has 0 bridgehead atoms. The zero-order valence-electron chi connectivity index (χ0n) is 23.6. The minimum atomic E-state index is -0.998. The van der Waals surface area contributed by atoms with E-state index in [1.54, 1.807) is 0 Å². The van der Waals surface area contributed by atoms with Crippen LogP contribution in [0.3, 0.4) is 0 Å². The third kappa shape index (κ3) is 16.7. The Morgan fingerprint density at radius 3 is 2.03 bits per heavy atom. The first kappa shape index (κ1) is 34.2. The van der Waals surface area contributed by atoms with Gasteiger partial charge in [-0.15, -0.1) is 0 Å². The van der Waals surface area contributed by atoms with Gasteiger partial charge >= 0.3 is 23.8 Å². The molecule has 0 unspecified atom stereocenters. The van der Waals surface area contributed by atoms with Crippen molar-refractivity contribution in [3.8, 4) is 0 Å². The lowest BCUT2D eigenvalue weighted by atomic mass is 10.3. The largest absolute Gasteiger partial charge is 0.465 e. The molecule has 0 aromatic rings. The number of ether oxygens (including phenoxy) is 4. The summed E-state index contributed by atoms with van der Waals surface area (Å²) in [6.07, 6.45) is 2.74. The summed E-state index contributed by atoms with van der Waals surface area (Å²) in [5.74, 6) is -2.22. The maximum absolute atomic E-state index is 12.2. The fourth-order valence-corrected chi connectivity index (χ4v) is 3.53. The topological polar surface area (TPSA) is 167 Å². The smallest absolute Gasteiger partial charge is 0.321 e. The molecule has 1 saturated heterocycles. The van der Waals surface area contributed by atoms with E-state index < -0.39 is 17.8 Å². The van der Waals surface area contributed by atoms with E-state index >= 15 is 0 Å². The molecule has 0 saturated carbocycles. The van der Waals surface area contributed by atoms with Gasteiger partial charge in [-0.2, -0.15) is 0 Å². The van der Waals surface area contributed by atoms with Gasteiger partial charge in [-0.25, -0.2) is 4.79 Å². The molecular formula is C25H46N5O9+. The normalized spacial score (nSPS) is 13.3. The Morgan fingerprint density at radius 2 is 1.44 bits per heavy atom. The van der Waals surface area contributed by atoms with Gasteiger partial charge in [0.15, 0.2) is 0 Å². The van der Waals surface area contributed by atoms with Crippen molar-refractivity contribution in [2.75, 3.05) is 100 Å². The number of quaternary nitrogens is 1. The van der Waals surface area contributed by atoms with Crippen LogP contribution in [0.5, 0.6) is 0 Å². The summed E-state index contributed by atoms with van der Waals surface area (Å²) in [7, 11) is 6.22. The van der Waals surface area contributed by atoms with Crippen molar-refractivity contribution in [1.29, 1.82) is 0 Å². The minimum Gasteiger partial charge on any atom is -0.465 e. The number of carbonyl (C=O) groups is 5. The van der Waals surface area contributed by atoms with Crippen LogP contribution >= 0.6 is 0 Å². The average Bonchev–Trinajstić information content (AvgIpc) is 3.41. The number of carbonyl (C=O) groups excluding carboxylic acids is 5. The molecule has 0 radical (unpaired) electrons. The number of esters is 1. The number of rotatable bonds is 19. The summed E-state index contributed by atoms with van der Waals surface area (Å²) in [5, 5.41) is 2.66. The molecule has 1 rings (SSSR count). The number of nitrogens with zero attached hydrogens (tertiary/aromatic N) is 3. The Bertz CT molecular complexity index is 782. The SMILES string of the molecule is C[N+](C)(C)CCCOC(=O)CCNC(=O)CCOCCOCCOCCN(C(N)=O)C(=O)C(=O)N1CCCC1. The van der Waals surface area contributed by atoms with E-state index in [2.05, 4.69) is 26.5 Å². The van der Waals surface area contributed by atoms with E-state index in [0.29, 0.717) is 31.2 Å². The maximum Gasteiger partial charge on any atom is 0.321 e. The van der Waals surface area contributed by atoms with Crippen molar-refractivity contribution in [3.63, 3.8) is 0 Å². The van der Waals surface area contributed by atoms with Crippen LogP contribution in [0.2, 0.25) is 0 Å². The summed E-state index contributed by atoms with van der Waals surface area (Å²) < 4.78 is 22.0. The molecule has 14 heteroatoms. The fourth-order valence-electron chi connectivity index (χ4n) is 3.53. The number of amides is 5. The molecule has 3 N–H and O–H groups in total. The highest BCUT2D eigenvalue weighted by Gasteiger charge is 2.31. The summed E-state index contributed by atoms with van der Waals surface area (Å²) >= 11 is 0. The highest BCUT2D eigenvalue weighted by atomic mass is 16.5. The van der Waals surface area contributed by atoms with Gasteiger partial charge in [-0.05, 0) is 12.8 Å². The number of hydrogen-bond donors (Lipinski definition) is 2. The Labute approximate surface area is 230 Å². The van der Waals surface area contributed by atoms with E-state index in [9.17, 15) is 24.0 Å². The molecule has 14 nitrogen and oxygen atoms in total. The van der Waals surface area contributed by atoms with Crippen LogP contribution in [0.15, 0.2) is 0 Å². The first-order valence-corrected chi connectivity index (χ1v) is 13.4. The van der Waals surface area contributed by atoms with Crippen LogP contribution in [-0.4, -0.2) is 144 Å². The zero-order chi connectivity index (χ0) is 29.1. The molecule has 1 aliphatic rings. The molecular weight excluding hydrogens is 514 g/mol. The molecule has 0 aliphatic carbocycles. The predicted octanol–water partition coefficient (Wildman–Crippen LogP) is -0.898. The standard InChI is InChI=1S/C25H45N5O9/c1-30(2,3)13-6-14-39-22(32)7-9-27-21(31)8-15-36-17-19-38-20-18-37-16-12-29(25(26)35)24(34)23(33)28-10-4-5-11-28/h4-20H2,1-3H3,(H2-,26,27,31,35)/p+1. The van der Waals surface area contributed by atoms with Gasteiger partial charge in [-0.3, -0.25) is 24.1 Å². The Kier molecular flexibility index (Phi) is 16.9. The number of urea groups is 1. The van der Waals surface area contributed by atoms with Crippen molar-refractivity contribution >= 4 is 29.7 Å². The molecule has 0 aromatic heterocycles. The van der Waals surface area contributed by atoms with Crippen molar-refractivity contribution in [2.45, 2.75) is 32.1 Å². The Balaban J connectivity index is 1.97. The molecule has 1 aliphatic heterocycles. The third-order valence-electron chi connectivity index (χ3n) is 5.65. The van der Waals surface area contributed by atoms with Crippen molar-refractivity contribution in [1.82, 2.24) is 15.1 Å². The van der Waals surface area contributed by atoms with Crippen LogP contribution < -0.4 is 11.1 Å². The van der Waals surface area contributed by atoms with Crippen LogP contribution in [0.25, 0.3) is 0 Å². The molecule has 0 atom stereocenters. The quantitative estimate of drug-likeness (QED) is 0.0881. The van der Waals surface area contributed by atoms with Gasteiger partial charge in [0.25, 0.3) is 0 Å². The van der Waals surface area contributed by atoms with Crippen LogP contribution in [0.4, 0.5) is 4.79 Å². The van der Waals surface area contributed by atoms with Gasteiger partial charge in [0.1, 0.15) is 0 Å². The van der Waals surface area contributed by atoms with Gasteiger partial charge in [0.05, 0.1) is 86.9 Å². The van der Waals surface area contributed by atoms with E-state index in [1.807, 2.05) is 0 Å². The van der Waals surface area contributed by atoms with Crippen LogP contribution in [-0.2, 0) is 38.1 Å². The summed E-state index contributed by atoms with van der Waals surface area (Å²) in [4.78, 5) is 61.5. The van der Waals surface area contributed by atoms with Crippen molar-refractivity contribution in [2.24, 2.45) is 5.73 Å². The second kappa shape index (κ2) is 19.3. The van der Waals surface area contributed by atoms with Gasteiger partial charge in [-0.1, -0.05) is 0 Å². The average molecular weight is 561 g/mol. The number of nitrogens with one attached hydrogen (secondary N) is 1. The molecule has 0 spiro atoms. The van der Waals surface area contributed by atoms with E-state index in [1.165, 1.54) is 4.90 Å². The lowest BCUT2D eigenvalue weighted by Crippen LogP contribution is -2.50. The molecule has 0 aromatic carbocycles. The number of nitrogens with two attached hydrogens (primary N) is 1. The molecule has 1 heterocycles. The number of hydrogen-bond acceptors (Lipinski definition) is 9. The van der Waals surface area contributed by atoms with E-state index in [0.717, 1.165) is 30.3 Å². The number of primary amides is 1. The lowest BCUT2D eigenvalue weighted by molar-refractivity contribution is -0.870. The molecule has 39 heavy (non-hydrogen) atoms. The number of imide groups is 1. The fraction of sp³-hybridized carbons (Fsp3) is 0.800. The second-order valence-corrected chi connectivity index (χ2v) is 10.1. The molecule has 224 valence electrons. The zero-order valence-corrected chi connectivity index (χ0v) is 23.6. The Hall–Kier alpha value is -2.81.